The van der Waals surface area contributed by atoms with E-state index in [-0.39, 0.29) is 5.91 Å². The number of rotatable bonds is 5. The van der Waals surface area contributed by atoms with Crippen LogP contribution >= 0.6 is 27.5 Å². The van der Waals surface area contributed by atoms with Crippen LogP contribution in [0.5, 0.6) is 11.5 Å². The van der Waals surface area contributed by atoms with Gasteiger partial charge in [0, 0.05) is 16.2 Å². The minimum absolute atomic E-state index is 0.263. The Bertz CT molecular complexity index is 678. The van der Waals surface area contributed by atoms with Crippen LogP contribution in [0.2, 0.25) is 5.02 Å². The zero-order chi connectivity index (χ0) is 16.1. The molecule has 0 bridgehead atoms. The smallest absolute Gasteiger partial charge is 0.265 e. The second kappa shape index (κ2) is 7.51. The molecular weight excluding hydrogens is 370 g/mol. The highest BCUT2D eigenvalue weighted by Gasteiger charge is 2.15. The van der Waals surface area contributed by atoms with Gasteiger partial charge in [-0.25, -0.2) is 0 Å². The van der Waals surface area contributed by atoms with E-state index in [4.69, 9.17) is 21.1 Å². The van der Waals surface area contributed by atoms with Crippen LogP contribution in [0.4, 0.5) is 5.69 Å². The molecule has 0 aromatic heterocycles. The maximum absolute atomic E-state index is 12.1. The van der Waals surface area contributed by atoms with Crippen LogP contribution in [-0.2, 0) is 4.79 Å². The number of hydrogen-bond donors (Lipinski definition) is 1. The van der Waals surface area contributed by atoms with Gasteiger partial charge in [0.15, 0.2) is 6.10 Å². The molecular formula is C16H15BrClNO3. The molecule has 0 saturated carbocycles. The van der Waals surface area contributed by atoms with Crippen molar-refractivity contribution < 1.29 is 14.3 Å². The lowest BCUT2D eigenvalue weighted by molar-refractivity contribution is -0.122. The van der Waals surface area contributed by atoms with E-state index in [1.54, 1.807) is 56.5 Å². The van der Waals surface area contributed by atoms with Crippen molar-refractivity contribution in [3.05, 3.63) is 52.0 Å². The van der Waals surface area contributed by atoms with Crippen LogP contribution in [0, 0.1) is 0 Å². The van der Waals surface area contributed by atoms with Gasteiger partial charge in [-0.15, -0.1) is 0 Å². The average Bonchev–Trinajstić information content (AvgIpc) is 2.51. The van der Waals surface area contributed by atoms with Crippen molar-refractivity contribution in [2.45, 2.75) is 13.0 Å². The number of ether oxygens (including phenoxy) is 2. The van der Waals surface area contributed by atoms with Gasteiger partial charge in [0.25, 0.3) is 5.91 Å². The fourth-order valence-electron chi connectivity index (χ4n) is 1.75. The van der Waals surface area contributed by atoms with E-state index in [2.05, 4.69) is 21.2 Å². The summed E-state index contributed by atoms with van der Waals surface area (Å²) in [6.45, 7) is 1.68. The van der Waals surface area contributed by atoms with Gasteiger partial charge in [0.1, 0.15) is 11.5 Å². The quantitative estimate of drug-likeness (QED) is 0.824. The van der Waals surface area contributed by atoms with E-state index < -0.39 is 6.10 Å². The molecule has 6 heteroatoms. The molecule has 2 aromatic rings. The monoisotopic (exact) mass is 383 g/mol. The van der Waals surface area contributed by atoms with Crippen LogP contribution in [0.1, 0.15) is 6.92 Å². The summed E-state index contributed by atoms with van der Waals surface area (Å²) in [7, 11) is 1.58. The number of carbonyl (C=O) groups excluding carboxylic acids is 1. The van der Waals surface area contributed by atoms with E-state index in [1.807, 2.05) is 0 Å². The van der Waals surface area contributed by atoms with Gasteiger partial charge in [-0.1, -0.05) is 17.7 Å². The van der Waals surface area contributed by atoms with Gasteiger partial charge in [-0.05, 0) is 53.2 Å². The second-order valence-corrected chi connectivity index (χ2v) is 5.82. The predicted octanol–water partition coefficient (Wildman–Crippen LogP) is 4.52. The standard InChI is InChI=1S/C16H15BrClNO3/c1-10(22-13-5-3-4-12(9-13)21-2)16(20)19-11-6-7-14(17)15(18)8-11/h3-10H,1-2H3,(H,19,20)/t10-/m1/s1. The molecule has 116 valence electrons. The number of methoxy groups -OCH3 is 1. The molecule has 0 spiro atoms. The van der Waals surface area contributed by atoms with E-state index in [1.165, 1.54) is 0 Å². The highest BCUT2D eigenvalue weighted by molar-refractivity contribution is 9.10. The van der Waals surface area contributed by atoms with Gasteiger partial charge < -0.3 is 14.8 Å². The van der Waals surface area contributed by atoms with E-state index in [9.17, 15) is 4.79 Å². The van der Waals surface area contributed by atoms with Crippen LogP contribution in [0.25, 0.3) is 0 Å². The zero-order valence-corrected chi connectivity index (χ0v) is 14.4. The molecule has 0 aliphatic heterocycles. The van der Waals surface area contributed by atoms with Crippen molar-refractivity contribution in [1.29, 1.82) is 0 Å². The van der Waals surface area contributed by atoms with Crippen LogP contribution in [-0.4, -0.2) is 19.1 Å². The molecule has 0 heterocycles. The summed E-state index contributed by atoms with van der Waals surface area (Å²) in [5.41, 5.74) is 0.610. The Hall–Kier alpha value is -1.72. The third kappa shape index (κ3) is 4.39. The lowest BCUT2D eigenvalue weighted by Crippen LogP contribution is -2.30. The molecule has 0 aliphatic carbocycles. The number of carbonyl (C=O) groups is 1. The van der Waals surface area contributed by atoms with Gasteiger partial charge >= 0.3 is 0 Å². The lowest BCUT2D eigenvalue weighted by atomic mass is 10.3. The third-order valence-electron chi connectivity index (χ3n) is 2.91. The van der Waals surface area contributed by atoms with Gasteiger partial charge in [-0.2, -0.15) is 0 Å². The SMILES string of the molecule is COc1cccc(O[C@H](C)C(=O)Nc2ccc(Br)c(Cl)c2)c1. The molecule has 2 rings (SSSR count). The number of halogens is 2. The topological polar surface area (TPSA) is 47.6 Å². The Kier molecular flexibility index (Phi) is 5.69. The number of nitrogens with one attached hydrogen (secondary N) is 1. The number of benzene rings is 2. The largest absolute Gasteiger partial charge is 0.497 e. The molecule has 4 nitrogen and oxygen atoms in total. The molecule has 0 saturated heterocycles. The lowest BCUT2D eigenvalue weighted by Gasteiger charge is -2.15. The Labute approximate surface area is 142 Å². The van der Waals surface area contributed by atoms with Crippen molar-refractivity contribution in [3.63, 3.8) is 0 Å². The number of hydrogen-bond acceptors (Lipinski definition) is 3. The highest BCUT2D eigenvalue weighted by Crippen LogP contribution is 2.26. The summed E-state index contributed by atoms with van der Waals surface area (Å²) in [5, 5.41) is 3.29. The minimum atomic E-state index is -0.658. The van der Waals surface area contributed by atoms with Crippen LogP contribution in [0.3, 0.4) is 0 Å². The molecule has 1 N–H and O–H groups in total. The van der Waals surface area contributed by atoms with Gasteiger partial charge in [-0.3, -0.25) is 4.79 Å². The normalized spacial score (nSPS) is 11.6. The Morgan fingerprint density at radius 2 is 1.95 bits per heavy atom. The van der Waals surface area contributed by atoms with Crippen molar-refractivity contribution in [2.75, 3.05) is 12.4 Å². The zero-order valence-electron chi connectivity index (χ0n) is 12.1. The molecule has 0 fully saturated rings. The van der Waals surface area contributed by atoms with Crippen LogP contribution < -0.4 is 14.8 Å². The summed E-state index contributed by atoms with van der Waals surface area (Å²) < 4.78 is 11.5. The number of anilines is 1. The molecule has 0 unspecified atom stereocenters. The average molecular weight is 385 g/mol. The van der Waals surface area contributed by atoms with Crippen molar-refractivity contribution in [2.24, 2.45) is 0 Å². The maximum Gasteiger partial charge on any atom is 0.265 e. The fraction of sp³-hybridized carbons (Fsp3) is 0.188. The molecule has 0 aliphatic rings. The summed E-state index contributed by atoms with van der Waals surface area (Å²) in [6, 6.07) is 12.3. The van der Waals surface area contributed by atoms with Gasteiger partial charge in [0.2, 0.25) is 0 Å². The van der Waals surface area contributed by atoms with Crippen molar-refractivity contribution in [1.82, 2.24) is 0 Å². The molecule has 1 amide bonds. The molecule has 0 radical (unpaired) electrons. The Morgan fingerprint density at radius 3 is 2.64 bits per heavy atom. The summed E-state index contributed by atoms with van der Waals surface area (Å²) in [4.78, 5) is 12.1. The molecule has 2 aromatic carbocycles. The first-order valence-electron chi connectivity index (χ1n) is 6.56. The summed E-state index contributed by atoms with van der Waals surface area (Å²) >= 11 is 9.30. The van der Waals surface area contributed by atoms with Gasteiger partial charge in [0.05, 0.1) is 12.1 Å². The van der Waals surface area contributed by atoms with Crippen molar-refractivity contribution >= 4 is 39.1 Å². The van der Waals surface area contributed by atoms with Crippen molar-refractivity contribution in [3.8, 4) is 11.5 Å². The third-order valence-corrected chi connectivity index (χ3v) is 4.14. The molecule has 1 atom stereocenters. The second-order valence-electron chi connectivity index (χ2n) is 4.56. The van der Waals surface area contributed by atoms with E-state index in [0.717, 1.165) is 4.47 Å². The predicted molar refractivity (Wildman–Crippen MR) is 90.9 cm³/mol. The fourth-order valence-corrected chi connectivity index (χ4v) is 2.18. The van der Waals surface area contributed by atoms with Crippen LogP contribution in [0.15, 0.2) is 46.9 Å². The first-order valence-corrected chi connectivity index (χ1v) is 7.73. The first-order chi connectivity index (χ1) is 10.5. The summed E-state index contributed by atoms with van der Waals surface area (Å²) in [6.07, 6.45) is -0.658. The Morgan fingerprint density at radius 1 is 1.23 bits per heavy atom. The number of amides is 1. The maximum atomic E-state index is 12.1. The first kappa shape index (κ1) is 16.6. The Balaban J connectivity index is 2.00. The van der Waals surface area contributed by atoms with E-state index in [0.29, 0.717) is 22.2 Å². The molecule has 22 heavy (non-hydrogen) atoms. The van der Waals surface area contributed by atoms with E-state index >= 15 is 0 Å². The highest BCUT2D eigenvalue weighted by atomic mass is 79.9. The summed E-state index contributed by atoms with van der Waals surface area (Å²) in [5.74, 6) is 0.974. The minimum Gasteiger partial charge on any atom is -0.497 e.